The van der Waals surface area contributed by atoms with Crippen LogP contribution >= 0.6 is 12.4 Å². The lowest BCUT2D eigenvalue weighted by Gasteiger charge is -2.19. The van der Waals surface area contributed by atoms with Crippen molar-refractivity contribution < 1.29 is 0 Å². The summed E-state index contributed by atoms with van der Waals surface area (Å²) in [5, 5.41) is 9.16. The Bertz CT molecular complexity index is 689. The molecule has 112 valence electrons. The number of aliphatic imine (C=N–C) groups is 1. The smallest absolute Gasteiger partial charge is 0.105 e. The predicted molar refractivity (Wildman–Crippen MR) is 91.6 cm³/mol. The van der Waals surface area contributed by atoms with Gasteiger partial charge >= 0.3 is 0 Å². The Hall–Kier alpha value is -2.31. The van der Waals surface area contributed by atoms with Gasteiger partial charge in [0.15, 0.2) is 0 Å². The summed E-state index contributed by atoms with van der Waals surface area (Å²) in [6.07, 6.45) is 2.10. The van der Waals surface area contributed by atoms with Gasteiger partial charge in [-0.3, -0.25) is 0 Å². The van der Waals surface area contributed by atoms with Crippen molar-refractivity contribution in [2.45, 2.75) is 19.4 Å². The first-order valence-electron chi connectivity index (χ1n) is 7.22. The number of hydrogen-bond acceptors (Lipinski definition) is 2. The molecule has 0 spiro atoms. The summed E-state index contributed by atoms with van der Waals surface area (Å²) < 4.78 is 0. The molecule has 0 bridgehead atoms. The first kappa shape index (κ1) is 16.1. The lowest BCUT2D eigenvalue weighted by atomic mass is 10.2. The standard InChI is InChI=1S/C18H17N3.ClH/c19-13-16-9-4-5-10-17(16)20-18-11-6-12-21(18)14-15-7-2-1-3-8-15;/h1-5,7-10H,6,11-12,14H2;1H/b20-18+;. The second-order valence-corrected chi connectivity index (χ2v) is 5.17. The van der Waals surface area contributed by atoms with E-state index in [9.17, 15) is 0 Å². The van der Waals surface area contributed by atoms with Crippen LogP contribution in [-0.4, -0.2) is 17.3 Å². The van der Waals surface area contributed by atoms with Crippen LogP contribution in [0.1, 0.15) is 24.0 Å². The fraction of sp³-hybridized carbons (Fsp3) is 0.222. The molecular weight excluding hydrogens is 294 g/mol. The average Bonchev–Trinajstić information content (AvgIpc) is 2.96. The molecule has 3 rings (SSSR count). The van der Waals surface area contributed by atoms with E-state index in [-0.39, 0.29) is 12.4 Å². The van der Waals surface area contributed by atoms with E-state index < -0.39 is 0 Å². The minimum absolute atomic E-state index is 0. The lowest BCUT2D eigenvalue weighted by molar-refractivity contribution is 0.448. The highest BCUT2D eigenvalue weighted by Gasteiger charge is 2.19. The van der Waals surface area contributed by atoms with Gasteiger partial charge in [0.1, 0.15) is 11.9 Å². The van der Waals surface area contributed by atoms with Crippen LogP contribution < -0.4 is 0 Å². The van der Waals surface area contributed by atoms with E-state index in [1.54, 1.807) is 0 Å². The van der Waals surface area contributed by atoms with Crippen molar-refractivity contribution in [2.75, 3.05) is 6.54 Å². The summed E-state index contributed by atoms with van der Waals surface area (Å²) in [4.78, 5) is 7.04. The molecule has 0 aliphatic carbocycles. The molecule has 0 unspecified atom stereocenters. The minimum atomic E-state index is 0. The van der Waals surface area contributed by atoms with Crippen molar-refractivity contribution in [1.29, 1.82) is 5.26 Å². The van der Waals surface area contributed by atoms with Crippen LogP contribution in [0.3, 0.4) is 0 Å². The van der Waals surface area contributed by atoms with E-state index >= 15 is 0 Å². The first-order valence-corrected chi connectivity index (χ1v) is 7.22. The number of hydrogen-bond donors (Lipinski definition) is 0. The highest BCUT2D eigenvalue weighted by Crippen LogP contribution is 2.23. The molecule has 1 aliphatic heterocycles. The number of nitrogens with zero attached hydrogens (tertiary/aromatic N) is 3. The van der Waals surface area contributed by atoms with Crippen LogP contribution in [-0.2, 0) is 6.54 Å². The maximum Gasteiger partial charge on any atom is 0.105 e. The zero-order chi connectivity index (χ0) is 14.5. The summed E-state index contributed by atoms with van der Waals surface area (Å²) >= 11 is 0. The molecule has 0 amide bonds. The maximum absolute atomic E-state index is 9.16. The summed E-state index contributed by atoms with van der Waals surface area (Å²) in [5.41, 5.74) is 2.70. The van der Waals surface area contributed by atoms with Crippen LogP contribution in [0.5, 0.6) is 0 Å². The molecule has 0 atom stereocenters. The largest absolute Gasteiger partial charge is 0.356 e. The number of rotatable bonds is 3. The molecule has 1 aliphatic rings. The van der Waals surface area contributed by atoms with Crippen LogP contribution in [0.25, 0.3) is 0 Å². The second kappa shape index (κ2) is 7.63. The molecule has 0 radical (unpaired) electrons. The van der Waals surface area contributed by atoms with Crippen molar-refractivity contribution in [3.05, 3.63) is 65.7 Å². The number of benzene rings is 2. The molecule has 3 nitrogen and oxygen atoms in total. The predicted octanol–water partition coefficient (Wildman–Crippen LogP) is 4.31. The van der Waals surface area contributed by atoms with Crippen molar-refractivity contribution in [3.8, 4) is 6.07 Å². The third-order valence-corrected chi connectivity index (χ3v) is 3.68. The van der Waals surface area contributed by atoms with Gasteiger partial charge in [-0.25, -0.2) is 4.99 Å². The Balaban J connectivity index is 0.00000176. The van der Waals surface area contributed by atoms with Crippen LogP contribution in [0, 0.1) is 11.3 Å². The average molecular weight is 312 g/mol. The topological polar surface area (TPSA) is 39.4 Å². The van der Waals surface area contributed by atoms with E-state index in [1.807, 2.05) is 30.3 Å². The normalized spacial score (nSPS) is 15.4. The number of nitriles is 1. The van der Waals surface area contributed by atoms with Crippen LogP contribution in [0.4, 0.5) is 5.69 Å². The molecule has 1 saturated heterocycles. The molecule has 2 aromatic carbocycles. The van der Waals surface area contributed by atoms with Gasteiger partial charge in [0.2, 0.25) is 0 Å². The molecule has 4 heteroatoms. The van der Waals surface area contributed by atoms with Crippen molar-refractivity contribution in [1.82, 2.24) is 4.90 Å². The van der Waals surface area contributed by atoms with E-state index in [1.165, 1.54) is 5.56 Å². The fourth-order valence-electron chi connectivity index (χ4n) is 2.62. The van der Waals surface area contributed by atoms with Gasteiger partial charge in [-0.05, 0) is 24.1 Å². The van der Waals surface area contributed by atoms with Gasteiger partial charge < -0.3 is 4.90 Å². The Morgan fingerprint density at radius 3 is 2.55 bits per heavy atom. The van der Waals surface area contributed by atoms with Gasteiger partial charge in [-0.1, -0.05) is 42.5 Å². The third kappa shape index (κ3) is 3.66. The summed E-state index contributed by atoms with van der Waals surface area (Å²) in [7, 11) is 0. The van der Waals surface area contributed by atoms with E-state index in [4.69, 9.17) is 10.3 Å². The summed E-state index contributed by atoms with van der Waals surface area (Å²) in [6.45, 7) is 1.91. The monoisotopic (exact) mass is 311 g/mol. The Morgan fingerprint density at radius 2 is 1.77 bits per heavy atom. The molecular formula is C18H18ClN3. The lowest BCUT2D eigenvalue weighted by Crippen LogP contribution is -2.24. The SMILES string of the molecule is Cl.N#Cc1ccccc1/N=C1\CCCN1Cc1ccccc1. The maximum atomic E-state index is 9.16. The van der Waals surface area contributed by atoms with Crippen molar-refractivity contribution in [3.63, 3.8) is 0 Å². The molecule has 0 N–H and O–H groups in total. The van der Waals surface area contributed by atoms with Gasteiger partial charge in [-0.2, -0.15) is 5.26 Å². The highest BCUT2D eigenvalue weighted by molar-refractivity contribution is 5.87. The number of likely N-dealkylation sites (tertiary alicyclic amines) is 1. The Labute approximate surface area is 137 Å². The molecule has 1 heterocycles. The third-order valence-electron chi connectivity index (χ3n) is 3.68. The highest BCUT2D eigenvalue weighted by atomic mass is 35.5. The number of halogens is 1. The quantitative estimate of drug-likeness (QED) is 0.847. The van der Waals surface area contributed by atoms with Crippen molar-refractivity contribution in [2.24, 2.45) is 4.99 Å². The molecule has 0 aromatic heterocycles. The van der Waals surface area contributed by atoms with Gasteiger partial charge in [-0.15, -0.1) is 12.4 Å². The molecule has 2 aromatic rings. The van der Waals surface area contributed by atoms with E-state index in [0.29, 0.717) is 5.56 Å². The Morgan fingerprint density at radius 1 is 1.05 bits per heavy atom. The number of para-hydroxylation sites is 1. The first-order chi connectivity index (χ1) is 10.4. The van der Waals surface area contributed by atoms with E-state index in [2.05, 4.69) is 35.2 Å². The minimum Gasteiger partial charge on any atom is -0.356 e. The Kier molecular flexibility index (Phi) is 5.57. The molecule has 0 saturated carbocycles. The zero-order valence-electron chi connectivity index (χ0n) is 12.3. The van der Waals surface area contributed by atoms with E-state index in [0.717, 1.165) is 37.5 Å². The van der Waals surface area contributed by atoms with Gasteiger partial charge in [0, 0.05) is 19.5 Å². The van der Waals surface area contributed by atoms with Gasteiger partial charge in [0.25, 0.3) is 0 Å². The van der Waals surface area contributed by atoms with Crippen LogP contribution in [0.2, 0.25) is 0 Å². The summed E-state index contributed by atoms with van der Waals surface area (Å²) in [5.74, 6) is 1.08. The molecule has 1 fully saturated rings. The fourth-order valence-corrected chi connectivity index (χ4v) is 2.62. The number of amidine groups is 1. The summed E-state index contributed by atoms with van der Waals surface area (Å²) in [6, 6.07) is 20.2. The van der Waals surface area contributed by atoms with Crippen LogP contribution in [0.15, 0.2) is 59.6 Å². The zero-order valence-corrected chi connectivity index (χ0v) is 13.1. The molecule has 22 heavy (non-hydrogen) atoms. The second-order valence-electron chi connectivity index (χ2n) is 5.17. The van der Waals surface area contributed by atoms with Crippen molar-refractivity contribution >= 4 is 23.9 Å². The van der Waals surface area contributed by atoms with Gasteiger partial charge in [0.05, 0.1) is 11.3 Å².